The first-order valence-electron chi connectivity index (χ1n) is 19.9. The van der Waals surface area contributed by atoms with Crippen molar-refractivity contribution in [1.29, 1.82) is 0 Å². The number of nitrogens with zero attached hydrogens (tertiary/aromatic N) is 2. The highest BCUT2D eigenvalue weighted by Crippen LogP contribution is 2.62. The molecule has 0 radical (unpaired) electrons. The van der Waals surface area contributed by atoms with Crippen molar-refractivity contribution in [3.05, 3.63) is 197 Å². The first-order chi connectivity index (χ1) is 27.6. The standard InChI is InChI=1S/C53H33BN2/c1-30-22-24-34-35-25-23-31(2)29-42(35)53(41(34)28-30)39-19-9-16-36-37-17-10-20-43-50(37)56(49(36)39)52-40(53)26-27-45-47(52)54(43)44-21-11-18-38-46(32-12-5-3-6-13-32)48(55(45)51(38)44)33-14-7-4-8-15-33/h3-29H,1-2H3. The van der Waals surface area contributed by atoms with E-state index in [1.807, 2.05) is 0 Å². The molecule has 56 heavy (non-hydrogen) atoms. The summed E-state index contributed by atoms with van der Waals surface area (Å²) in [7, 11) is 0. The van der Waals surface area contributed by atoms with Crippen molar-refractivity contribution in [1.82, 2.24) is 9.13 Å². The Labute approximate surface area is 325 Å². The molecule has 0 fully saturated rings. The minimum atomic E-state index is -0.473. The van der Waals surface area contributed by atoms with Crippen LogP contribution in [0.25, 0.3) is 77.6 Å². The first-order valence-corrected chi connectivity index (χ1v) is 19.9. The van der Waals surface area contributed by atoms with Crippen molar-refractivity contribution in [2.24, 2.45) is 0 Å². The Morgan fingerprint density at radius 2 is 1.04 bits per heavy atom. The average Bonchev–Trinajstić information content (AvgIpc) is 3.86. The summed E-state index contributed by atoms with van der Waals surface area (Å²) in [5.41, 5.74) is 26.3. The van der Waals surface area contributed by atoms with Gasteiger partial charge in [-0.3, -0.25) is 0 Å². The smallest absolute Gasteiger partial charge is 0.252 e. The summed E-state index contributed by atoms with van der Waals surface area (Å²) in [6.45, 7) is 4.59. The predicted octanol–water partition coefficient (Wildman–Crippen LogP) is 10.5. The van der Waals surface area contributed by atoms with Crippen LogP contribution in [0, 0.1) is 13.8 Å². The number of aromatic nitrogens is 2. The second-order valence-electron chi connectivity index (χ2n) is 16.5. The van der Waals surface area contributed by atoms with Crippen molar-refractivity contribution in [3.63, 3.8) is 0 Å². The van der Waals surface area contributed by atoms with Gasteiger partial charge in [0.25, 0.3) is 6.71 Å². The lowest BCUT2D eigenvalue weighted by Gasteiger charge is -2.44. The van der Waals surface area contributed by atoms with Crippen LogP contribution in [-0.4, -0.2) is 15.8 Å². The molecule has 0 amide bonds. The number of hydrogen-bond acceptors (Lipinski definition) is 0. The van der Waals surface area contributed by atoms with Crippen molar-refractivity contribution in [2.75, 3.05) is 0 Å². The van der Waals surface area contributed by atoms with Crippen molar-refractivity contribution >= 4 is 55.8 Å². The van der Waals surface area contributed by atoms with Crippen LogP contribution in [0.4, 0.5) is 0 Å². The predicted molar refractivity (Wildman–Crippen MR) is 233 cm³/mol. The first kappa shape index (κ1) is 29.5. The zero-order valence-corrected chi connectivity index (χ0v) is 31.1. The zero-order chi connectivity index (χ0) is 36.6. The lowest BCUT2D eigenvalue weighted by atomic mass is 9.33. The molecule has 0 atom stereocenters. The molecule has 3 aliphatic heterocycles. The fourth-order valence-electron chi connectivity index (χ4n) is 11.9. The van der Waals surface area contributed by atoms with E-state index >= 15 is 0 Å². The van der Waals surface area contributed by atoms with E-state index in [1.54, 1.807) is 0 Å². The second kappa shape index (κ2) is 9.87. The zero-order valence-electron chi connectivity index (χ0n) is 31.1. The van der Waals surface area contributed by atoms with Crippen molar-refractivity contribution in [2.45, 2.75) is 19.3 Å². The van der Waals surface area contributed by atoms with Gasteiger partial charge in [-0.05, 0) is 80.8 Å². The van der Waals surface area contributed by atoms with Crippen molar-refractivity contribution in [3.8, 4) is 44.9 Å². The van der Waals surface area contributed by atoms with Gasteiger partial charge in [0.05, 0.1) is 16.6 Å². The monoisotopic (exact) mass is 708 g/mol. The highest BCUT2D eigenvalue weighted by Gasteiger charge is 2.54. The van der Waals surface area contributed by atoms with Crippen LogP contribution in [0.1, 0.15) is 33.4 Å². The van der Waals surface area contributed by atoms with Crippen LogP contribution in [0.3, 0.4) is 0 Å². The van der Waals surface area contributed by atoms with Gasteiger partial charge in [0.1, 0.15) is 0 Å². The highest BCUT2D eigenvalue weighted by molar-refractivity contribution is 7.00. The summed E-state index contributed by atoms with van der Waals surface area (Å²) < 4.78 is 5.34. The lowest BCUT2D eigenvalue weighted by Crippen LogP contribution is -2.60. The molecule has 0 saturated carbocycles. The molecule has 0 N–H and O–H groups in total. The summed E-state index contributed by atoms with van der Waals surface area (Å²) in [5, 5.41) is 3.98. The molecule has 258 valence electrons. The topological polar surface area (TPSA) is 9.86 Å². The molecule has 14 rings (SSSR count). The molecule has 3 heteroatoms. The fourth-order valence-corrected chi connectivity index (χ4v) is 11.9. The van der Waals surface area contributed by atoms with E-state index < -0.39 is 5.41 Å². The average molecular weight is 709 g/mol. The summed E-state index contributed by atoms with van der Waals surface area (Å²) in [4.78, 5) is 0. The third-order valence-electron chi connectivity index (χ3n) is 13.8. The van der Waals surface area contributed by atoms with Gasteiger partial charge >= 0.3 is 0 Å². The quantitative estimate of drug-likeness (QED) is 0.158. The number of para-hydroxylation sites is 3. The molecule has 0 bridgehead atoms. The third kappa shape index (κ3) is 3.17. The fraction of sp³-hybridized carbons (Fsp3) is 0.0566. The molecule has 5 heterocycles. The third-order valence-corrected chi connectivity index (χ3v) is 13.8. The Kier molecular flexibility index (Phi) is 5.20. The van der Waals surface area contributed by atoms with Gasteiger partial charge in [0.2, 0.25) is 0 Å². The lowest BCUT2D eigenvalue weighted by molar-refractivity contribution is 0.747. The molecule has 2 nitrogen and oxygen atoms in total. The number of fused-ring (bicyclic) bond motifs is 11. The number of aryl methyl sites for hydroxylation is 2. The molecular formula is C53H33BN2. The molecule has 10 aromatic rings. The van der Waals surface area contributed by atoms with Crippen LogP contribution in [0.2, 0.25) is 0 Å². The maximum Gasteiger partial charge on any atom is 0.252 e. The number of benzene rings is 8. The van der Waals surface area contributed by atoms with E-state index in [0.717, 1.165) is 0 Å². The maximum atomic E-state index is 2.70. The Hall–Kier alpha value is -6.84. The largest absolute Gasteiger partial charge is 0.310 e. The summed E-state index contributed by atoms with van der Waals surface area (Å²) in [5.74, 6) is 0. The Morgan fingerprint density at radius 3 is 1.71 bits per heavy atom. The van der Waals surface area contributed by atoms with E-state index in [9.17, 15) is 0 Å². The normalized spacial score (nSPS) is 14.4. The highest BCUT2D eigenvalue weighted by atomic mass is 15.1. The summed E-state index contributed by atoms with van der Waals surface area (Å²) in [6.07, 6.45) is 0. The van der Waals surface area contributed by atoms with Crippen LogP contribution >= 0.6 is 0 Å². The van der Waals surface area contributed by atoms with E-state index in [1.165, 1.54) is 127 Å². The molecule has 1 spiro atoms. The second-order valence-corrected chi connectivity index (χ2v) is 16.5. The SMILES string of the molecule is Cc1ccc2c(c1)C1(c3cc(C)ccc3-2)c2ccc3c4c2-n2c5c(cccc5c5cccc1c52)B4c1cccc2c(-c4ccccc4)c(-c4ccccc4)n-3c12. The van der Waals surface area contributed by atoms with E-state index in [0.29, 0.717) is 0 Å². The van der Waals surface area contributed by atoms with Crippen LogP contribution < -0.4 is 16.4 Å². The van der Waals surface area contributed by atoms with Gasteiger partial charge < -0.3 is 9.13 Å². The number of hydrogen-bond donors (Lipinski definition) is 0. The molecule has 4 aliphatic rings. The van der Waals surface area contributed by atoms with Crippen molar-refractivity contribution < 1.29 is 0 Å². The van der Waals surface area contributed by atoms with Gasteiger partial charge in [-0.1, -0.05) is 169 Å². The molecular weight excluding hydrogens is 675 g/mol. The minimum absolute atomic E-state index is 0.0766. The molecule has 0 unspecified atom stereocenters. The summed E-state index contributed by atoms with van der Waals surface area (Å²) in [6, 6.07) is 62.8. The van der Waals surface area contributed by atoms with Gasteiger partial charge in [-0.25, -0.2) is 0 Å². The van der Waals surface area contributed by atoms with Crippen LogP contribution in [-0.2, 0) is 5.41 Å². The van der Waals surface area contributed by atoms with Crippen LogP contribution in [0.15, 0.2) is 164 Å². The van der Waals surface area contributed by atoms with Gasteiger partial charge in [-0.2, -0.15) is 0 Å². The molecule has 8 aromatic carbocycles. The maximum absolute atomic E-state index is 2.70. The van der Waals surface area contributed by atoms with Gasteiger partial charge in [0.15, 0.2) is 0 Å². The number of rotatable bonds is 2. The molecule has 2 aromatic heterocycles. The van der Waals surface area contributed by atoms with E-state index in [-0.39, 0.29) is 6.71 Å². The van der Waals surface area contributed by atoms with Gasteiger partial charge in [0, 0.05) is 44.1 Å². The summed E-state index contributed by atoms with van der Waals surface area (Å²) >= 11 is 0. The Morgan fingerprint density at radius 1 is 0.446 bits per heavy atom. The molecule has 0 saturated heterocycles. The Balaban J connectivity index is 1.24. The Bertz CT molecular complexity index is 3390. The minimum Gasteiger partial charge on any atom is -0.310 e. The van der Waals surface area contributed by atoms with E-state index in [2.05, 4.69) is 187 Å². The van der Waals surface area contributed by atoms with E-state index in [4.69, 9.17) is 0 Å². The van der Waals surface area contributed by atoms with Crippen LogP contribution in [0.5, 0.6) is 0 Å². The molecule has 1 aliphatic carbocycles. The van der Waals surface area contributed by atoms with Gasteiger partial charge in [-0.15, -0.1) is 0 Å².